The van der Waals surface area contributed by atoms with Crippen molar-refractivity contribution in [1.29, 1.82) is 0 Å². The number of ether oxygens (including phenoxy) is 1. The summed E-state index contributed by atoms with van der Waals surface area (Å²) in [6.07, 6.45) is 8.36. The molecule has 0 radical (unpaired) electrons. The molecule has 0 saturated carbocycles. The molecule has 0 aliphatic carbocycles. The molecule has 0 spiro atoms. The Kier molecular flexibility index (Phi) is 7.75. The van der Waals surface area contributed by atoms with Gasteiger partial charge in [0.15, 0.2) is 5.71 Å². The van der Waals surface area contributed by atoms with Crippen LogP contribution in [-0.2, 0) is 9.53 Å². The van der Waals surface area contributed by atoms with E-state index < -0.39 is 5.97 Å². The Bertz CT molecular complexity index is 455. The molecule has 0 aromatic rings. The normalized spacial score (nSPS) is 27.7. The van der Waals surface area contributed by atoms with E-state index in [1.165, 1.54) is 7.11 Å². The largest absolute Gasteiger partial charge is 0.464 e. The van der Waals surface area contributed by atoms with Gasteiger partial charge in [-0.25, -0.2) is 4.79 Å². The van der Waals surface area contributed by atoms with Crippen LogP contribution in [0.25, 0.3) is 0 Å². The fourth-order valence-corrected chi connectivity index (χ4v) is 2.83. The molecule has 1 atom stereocenters. The monoisotopic (exact) mass is 321 g/mol. The van der Waals surface area contributed by atoms with E-state index in [2.05, 4.69) is 25.7 Å². The standard InChI is InChI=1S/C16H27N5O2/c1-23-16(22)15-5-3-2-4-14(6-7-18-13-19-20-15)12-21-10-8-17-9-11-21/h3,5,13-14,17H,2,4,6-12H2,1H3,(H,18,19)/b5-3-,20-15+. The second-order valence-corrected chi connectivity index (χ2v) is 5.84. The average Bonchev–Trinajstić information content (AvgIpc) is 2.57. The van der Waals surface area contributed by atoms with Crippen LogP contribution in [0.4, 0.5) is 0 Å². The maximum absolute atomic E-state index is 11.6. The fraction of sp³-hybridized carbons (Fsp3) is 0.688. The highest BCUT2D eigenvalue weighted by Gasteiger charge is 2.16. The number of hydrogen-bond donors (Lipinski definition) is 2. The molecule has 2 N–H and O–H groups in total. The Hall–Kier alpha value is -1.73. The van der Waals surface area contributed by atoms with Crippen molar-refractivity contribution in [2.24, 2.45) is 16.0 Å². The highest BCUT2D eigenvalue weighted by molar-refractivity contribution is 6.41. The molecule has 1 unspecified atom stereocenters. The Morgan fingerprint density at radius 1 is 1.39 bits per heavy atom. The van der Waals surface area contributed by atoms with Gasteiger partial charge < -0.3 is 15.0 Å². The number of aliphatic imine (C=N–C) groups is 1. The van der Waals surface area contributed by atoms with Crippen molar-refractivity contribution in [2.75, 3.05) is 46.4 Å². The lowest BCUT2D eigenvalue weighted by Gasteiger charge is -2.30. The fourth-order valence-electron chi connectivity index (χ4n) is 2.83. The summed E-state index contributed by atoms with van der Waals surface area (Å²) in [6.45, 7) is 6.29. The van der Waals surface area contributed by atoms with E-state index in [4.69, 9.17) is 4.74 Å². The number of hydrogen-bond acceptors (Lipinski definition) is 7. The zero-order valence-electron chi connectivity index (χ0n) is 13.8. The highest BCUT2D eigenvalue weighted by atomic mass is 16.5. The summed E-state index contributed by atoms with van der Waals surface area (Å²) in [5.74, 6) is 0.171. The SMILES string of the molecule is COC(=O)C1=N/NC=NCCC(CN2CCNCC2)CC/C=C\1. The molecule has 7 nitrogen and oxygen atoms in total. The van der Waals surface area contributed by atoms with E-state index in [0.29, 0.717) is 5.92 Å². The molecule has 0 aromatic carbocycles. The van der Waals surface area contributed by atoms with E-state index in [0.717, 1.165) is 58.5 Å². The third-order valence-electron chi connectivity index (χ3n) is 4.14. The van der Waals surface area contributed by atoms with Crippen molar-refractivity contribution in [3.8, 4) is 0 Å². The molecule has 0 bridgehead atoms. The molecular weight excluding hydrogens is 294 g/mol. The Morgan fingerprint density at radius 2 is 2.22 bits per heavy atom. The Balaban J connectivity index is 1.92. The van der Waals surface area contributed by atoms with Gasteiger partial charge in [-0.2, -0.15) is 5.10 Å². The summed E-state index contributed by atoms with van der Waals surface area (Å²) in [7, 11) is 1.35. The first-order valence-electron chi connectivity index (χ1n) is 8.29. The van der Waals surface area contributed by atoms with Gasteiger partial charge in [-0.1, -0.05) is 6.08 Å². The van der Waals surface area contributed by atoms with Crippen molar-refractivity contribution in [3.63, 3.8) is 0 Å². The number of piperazine rings is 1. The molecule has 2 aliphatic heterocycles. The van der Waals surface area contributed by atoms with Crippen molar-refractivity contribution in [2.45, 2.75) is 19.3 Å². The lowest BCUT2D eigenvalue weighted by molar-refractivity contribution is -0.132. The zero-order valence-corrected chi connectivity index (χ0v) is 13.8. The number of esters is 1. The van der Waals surface area contributed by atoms with E-state index >= 15 is 0 Å². The molecule has 2 heterocycles. The summed E-state index contributed by atoms with van der Waals surface area (Å²) < 4.78 is 4.72. The second-order valence-electron chi connectivity index (χ2n) is 5.84. The minimum absolute atomic E-state index is 0.262. The molecule has 0 aromatic heterocycles. The minimum Gasteiger partial charge on any atom is -0.464 e. The van der Waals surface area contributed by atoms with Crippen LogP contribution in [0.5, 0.6) is 0 Å². The smallest absolute Gasteiger partial charge is 0.358 e. The summed E-state index contributed by atoms with van der Waals surface area (Å²) in [4.78, 5) is 18.5. The predicted molar refractivity (Wildman–Crippen MR) is 91.7 cm³/mol. The van der Waals surface area contributed by atoms with Crippen molar-refractivity contribution >= 4 is 18.0 Å². The van der Waals surface area contributed by atoms with Crippen LogP contribution in [0.15, 0.2) is 22.2 Å². The molecule has 2 rings (SSSR count). The number of nitrogens with one attached hydrogen (secondary N) is 2. The summed E-state index contributed by atoms with van der Waals surface area (Å²) >= 11 is 0. The van der Waals surface area contributed by atoms with Gasteiger partial charge in [0.25, 0.3) is 0 Å². The van der Waals surface area contributed by atoms with Crippen LogP contribution >= 0.6 is 0 Å². The summed E-state index contributed by atoms with van der Waals surface area (Å²) in [5, 5.41) is 7.37. The van der Waals surface area contributed by atoms with Gasteiger partial charge in [0.2, 0.25) is 0 Å². The third kappa shape index (κ3) is 6.50. The number of rotatable bonds is 3. The first-order chi connectivity index (χ1) is 11.3. The molecule has 23 heavy (non-hydrogen) atoms. The first-order valence-corrected chi connectivity index (χ1v) is 8.29. The average molecular weight is 321 g/mol. The molecular formula is C16H27N5O2. The Labute approximate surface area is 137 Å². The van der Waals surface area contributed by atoms with Crippen molar-refractivity contribution in [3.05, 3.63) is 12.2 Å². The topological polar surface area (TPSA) is 78.3 Å². The molecule has 128 valence electrons. The lowest BCUT2D eigenvalue weighted by atomic mass is 9.98. The van der Waals surface area contributed by atoms with Gasteiger partial charge in [-0.15, -0.1) is 0 Å². The van der Waals surface area contributed by atoms with Crippen LogP contribution in [0, 0.1) is 5.92 Å². The number of carbonyl (C=O) groups is 1. The van der Waals surface area contributed by atoms with Gasteiger partial charge in [0, 0.05) is 39.3 Å². The van der Waals surface area contributed by atoms with Gasteiger partial charge in [0.1, 0.15) is 6.34 Å². The summed E-state index contributed by atoms with van der Waals surface area (Å²) in [5.41, 5.74) is 2.95. The van der Waals surface area contributed by atoms with E-state index in [9.17, 15) is 4.79 Å². The summed E-state index contributed by atoms with van der Waals surface area (Å²) in [6, 6.07) is 0. The van der Waals surface area contributed by atoms with Gasteiger partial charge in [0.05, 0.1) is 7.11 Å². The molecule has 2 aliphatic rings. The first kappa shape index (κ1) is 17.6. The van der Waals surface area contributed by atoms with E-state index in [1.807, 2.05) is 6.08 Å². The van der Waals surface area contributed by atoms with E-state index in [1.54, 1.807) is 12.4 Å². The van der Waals surface area contributed by atoms with E-state index in [-0.39, 0.29) is 5.71 Å². The lowest BCUT2D eigenvalue weighted by Crippen LogP contribution is -2.45. The highest BCUT2D eigenvalue weighted by Crippen LogP contribution is 2.15. The second kappa shape index (κ2) is 10.1. The van der Waals surface area contributed by atoms with Crippen molar-refractivity contribution < 1.29 is 9.53 Å². The maximum atomic E-state index is 11.6. The molecule has 7 heteroatoms. The third-order valence-corrected chi connectivity index (χ3v) is 4.14. The molecule has 0 amide bonds. The quantitative estimate of drug-likeness (QED) is 0.736. The van der Waals surface area contributed by atoms with Crippen molar-refractivity contribution in [1.82, 2.24) is 15.6 Å². The van der Waals surface area contributed by atoms with Crippen LogP contribution in [0.1, 0.15) is 19.3 Å². The predicted octanol–water partition coefficient (Wildman–Crippen LogP) is 0.395. The minimum atomic E-state index is -0.448. The van der Waals surface area contributed by atoms with Gasteiger partial charge >= 0.3 is 5.97 Å². The molecule has 1 fully saturated rings. The van der Waals surface area contributed by atoms with Crippen LogP contribution in [0.2, 0.25) is 0 Å². The molecule has 1 saturated heterocycles. The van der Waals surface area contributed by atoms with Gasteiger partial charge in [-0.3, -0.25) is 10.4 Å². The van der Waals surface area contributed by atoms with Crippen LogP contribution < -0.4 is 10.7 Å². The number of carbonyl (C=O) groups excluding carboxylic acids is 1. The number of allylic oxidation sites excluding steroid dienone is 1. The van der Waals surface area contributed by atoms with Crippen LogP contribution in [-0.4, -0.2) is 69.3 Å². The maximum Gasteiger partial charge on any atom is 0.358 e. The number of methoxy groups -OCH3 is 1. The Morgan fingerprint density at radius 3 is 3.00 bits per heavy atom. The van der Waals surface area contributed by atoms with Crippen LogP contribution in [0.3, 0.4) is 0 Å². The number of nitrogens with zero attached hydrogens (tertiary/aromatic N) is 3. The van der Waals surface area contributed by atoms with Gasteiger partial charge in [-0.05, 0) is 31.3 Å². The zero-order chi connectivity index (χ0) is 16.3. The number of hydrazone groups is 1.